The molecule has 0 saturated carbocycles. The van der Waals surface area contributed by atoms with Crippen molar-refractivity contribution in [1.29, 1.82) is 0 Å². The van der Waals surface area contributed by atoms with Crippen molar-refractivity contribution < 1.29 is 22.7 Å². The minimum absolute atomic E-state index is 0.112. The van der Waals surface area contributed by atoms with Crippen LogP contribution in [0.25, 0.3) is 0 Å². The van der Waals surface area contributed by atoms with Crippen LogP contribution in [0.1, 0.15) is 32.3 Å². The zero-order valence-electron chi connectivity index (χ0n) is 20.0. The average molecular weight is 510 g/mol. The Bertz CT molecular complexity index is 1090. The highest BCUT2D eigenvalue weighted by Crippen LogP contribution is 2.23. The largest absolute Gasteiger partial charge is 0.497 e. The fourth-order valence-corrected chi connectivity index (χ4v) is 4.52. The molecule has 2 aromatic rings. The number of ether oxygens (including phenoxy) is 1. The predicted octanol–water partition coefficient (Wildman–Crippen LogP) is 3.45. The van der Waals surface area contributed by atoms with Crippen LogP contribution < -0.4 is 14.4 Å². The summed E-state index contributed by atoms with van der Waals surface area (Å²) in [6.45, 7) is 3.87. The molecule has 186 valence electrons. The first kappa shape index (κ1) is 27.5. The number of halogens is 1. The second-order valence-corrected chi connectivity index (χ2v) is 10.2. The topological polar surface area (TPSA) is 96.0 Å². The fraction of sp³-hybridized carbons (Fsp3) is 0.417. The molecule has 2 amide bonds. The van der Waals surface area contributed by atoms with E-state index in [2.05, 4.69) is 5.32 Å². The van der Waals surface area contributed by atoms with Crippen LogP contribution in [0, 0.1) is 0 Å². The summed E-state index contributed by atoms with van der Waals surface area (Å²) in [5, 5.41) is 3.19. The van der Waals surface area contributed by atoms with Crippen LogP contribution in [0.3, 0.4) is 0 Å². The molecule has 10 heteroatoms. The van der Waals surface area contributed by atoms with Gasteiger partial charge in [0.15, 0.2) is 0 Å². The summed E-state index contributed by atoms with van der Waals surface area (Å²) >= 11 is 6.06. The summed E-state index contributed by atoms with van der Waals surface area (Å²) in [6, 6.07) is 12.7. The number of anilines is 1. The van der Waals surface area contributed by atoms with Crippen LogP contribution in [-0.4, -0.2) is 57.6 Å². The van der Waals surface area contributed by atoms with E-state index >= 15 is 0 Å². The maximum Gasteiger partial charge on any atom is 0.244 e. The number of hydrogen-bond acceptors (Lipinski definition) is 5. The average Bonchev–Trinajstić information content (AvgIpc) is 2.80. The second kappa shape index (κ2) is 12.6. The predicted molar refractivity (Wildman–Crippen MR) is 135 cm³/mol. The molecular formula is C24H32ClN3O5S. The Labute approximate surface area is 206 Å². The molecule has 0 aliphatic carbocycles. The molecule has 0 bridgehead atoms. The van der Waals surface area contributed by atoms with Gasteiger partial charge in [0.1, 0.15) is 18.3 Å². The molecule has 1 unspecified atom stereocenters. The lowest BCUT2D eigenvalue weighted by Gasteiger charge is -2.33. The molecule has 8 nitrogen and oxygen atoms in total. The third-order valence-electron chi connectivity index (χ3n) is 5.20. The fourth-order valence-electron chi connectivity index (χ4n) is 3.50. The highest BCUT2D eigenvalue weighted by Gasteiger charge is 2.31. The quantitative estimate of drug-likeness (QED) is 0.472. The van der Waals surface area contributed by atoms with Gasteiger partial charge in [0, 0.05) is 18.1 Å². The van der Waals surface area contributed by atoms with Crippen molar-refractivity contribution in [2.75, 3.05) is 30.8 Å². The minimum atomic E-state index is -3.81. The van der Waals surface area contributed by atoms with E-state index in [4.69, 9.17) is 16.3 Å². The molecule has 1 atom stereocenters. The maximum atomic E-state index is 13.6. The number of benzene rings is 2. The van der Waals surface area contributed by atoms with Crippen molar-refractivity contribution in [2.45, 2.75) is 39.3 Å². The smallest absolute Gasteiger partial charge is 0.244 e. The SMILES string of the molecule is CCCNC(=O)C(CC)N(Cc1cccc(OC)c1)C(=O)CN(c1cccc(Cl)c1)S(C)(=O)=O. The van der Waals surface area contributed by atoms with Gasteiger partial charge in [0.2, 0.25) is 21.8 Å². The van der Waals surface area contributed by atoms with Crippen LogP contribution in [0.15, 0.2) is 48.5 Å². The van der Waals surface area contributed by atoms with Crippen molar-refractivity contribution in [2.24, 2.45) is 0 Å². The Kier molecular flexibility index (Phi) is 10.2. The standard InChI is InChI=1S/C24H32ClN3O5S/c1-5-13-26-24(30)22(6-2)27(16-18-9-7-12-21(14-18)33-3)23(29)17-28(34(4,31)32)20-11-8-10-19(25)15-20/h7-12,14-15,22H,5-6,13,16-17H2,1-4H3,(H,26,30). The molecule has 34 heavy (non-hydrogen) atoms. The van der Waals surface area contributed by atoms with E-state index in [9.17, 15) is 18.0 Å². The Balaban J connectivity index is 2.43. The van der Waals surface area contributed by atoms with Crippen LogP contribution >= 0.6 is 11.6 Å². The number of sulfonamides is 1. The van der Waals surface area contributed by atoms with Gasteiger partial charge in [-0.2, -0.15) is 0 Å². The van der Waals surface area contributed by atoms with E-state index in [1.54, 1.807) is 43.5 Å². The summed E-state index contributed by atoms with van der Waals surface area (Å²) in [5.74, 6) is -0.175. The van der Waals surface area contributed by atoms with Crippen molar-refractivity contribution in [3.05, 3.63) is 59.1 Å². The molecule has 0 aliphatic rings. The number of hydrogen-bond donors (Lipinski definition) is 1. The van der Waals surface area contributed by atoms with Gasteiger partial charge < -0.3 is 15.0 Å². The highest BCUT2D eigenvalue weighted by molar-refractivity contribution is 7.92. The monoisotopic (exact) mass is 509 g/mol. The van der Waals surface area contributed by atoms with Gasteiger partial charge >= 0.3 is 0 Å². The normalized spacial score (nSPS) is 12.0. The number of methoxy groups -OCH3 is 1. The van der Waals surface area contributed by atoms with Gasteiger partial charge in [0.05, 0.1) is 19.1 Å². The third kappa shape index (κ3) is 7.63. The first-order chi connectivity index (χ1) is 16.1. The molecule has 1 N–H and O–H groups in total. The molecule has 0 aliphatic heterocycles. The van der Waals surface area contributed by atoms with Gasteiger partial charge in [-0.1, -0.05) is 43.6 Å². The van der Waals surface area contributed by atoms with Gasteiger partial charge in [-0.25, -0.2) is 8.42 Å². The van der Waals surface area contributed by atoms with Crippen LogP contribution in [0.4, 0.5) is 5.69 Å². The zero-order valence-corrected chi connectivity index (χ0v) is 21.5. The Morgan fingerprint density at radius 1 is 1.12 bits per heavy atom. The molecule has 0 heterocycles. The molecule has 0 radical (unpaired) electrons. The summed E-state index contributed by atoms with van der Waals surface area (Å²) in [6.07, 6.45) is 2.14. The van der Waals surface area contributed by atoms with Crippen molar-refractivity contribution in [3.63, 3.8) is 0 Å². The van der Waals surface area contributed by atoms with Gasteiger partial charge in [-0.15, -0.1) is 0 Å². The van der Waals surface area contributed by atoms with E-state index in [0.717, 1.165) is 22.5 Å². The Morgan fingerprint density at radius 2 is 1.82 bits per heavy atom. The van der Waals surface area contributed by atoms with E-state index < -0.39 is 28.5 Å². The minimum Gasteiger partial charge on any atom is -0.497 e. The number of carbonyl (C=O) groups is 2. The first-order valence-electron chi connectivity index (χ1n) is 11.0. The van der Waals surface area contributed by atoms with Crippen molar-refractivity contribution in [3.8, 4) is 5.75 Å². The molecule has 0 spiro atoms. The molecule has 2 aromatic carbocycles. The molecule has 0 aromatic heterocycles. The summed E-state index contributed by atoms with van der Waals surface area (Å²) in [7, 11) is -2.26. The molecule has 0 saturated heterocycles. The highest BCUT2D eigenvalue weighted by atomic mass is 35.5. The van der Waals surface area contributed by atoms with Crippen molar-refractivity contribution in [1.82, 2.24) is 10.2 Å². The molecular weight excluding hydrogens is 478 g/mol. The van der Waals surface area contributed by atoms with Crippen LogP contribution in [0.2, 0.25) is 5.02 Å². The van der Waals surface area contributed by atoms with Gasteiger partial charge in [-0.05, 0) is 48.7 Å². The van der Waals surface area contributed by atoms with E-state index in [1.807, 2.05) is 19.9 Å². The van der Waals surface area contributed by atoms with Crippen LogP contribution in [-0.2, 0) is 26.2 Å². The number of nitrogens with zero attached hydrogens (tertiary/aromatic N) is 2. The maximum absolute atomic E-state index is 13.6. The first-order valence-corrected chi connectivity index (χ1v) is 13.3. The Morgan fingerprint density at radius 3 is 2.41 bits per heavy atom. The third-order valence-corrected chi connectivity index (χ3v) is 6.57. The summed E-state index contributed by atoms with van der Waals surface area (Å²) in [5.41, 5.74) is 1.02. The summed E-state index contributed by atoms with van der Waals surface area (Å²) in [4.78, 5) is 27.9. The van der Waals surface area contributed by atoms with Gasteiger partial charge in [-0.3, -0.25) is 13.9 Å². The van der Waals surface area contributed by atoms with E-state index in [-0.39, 0.29) is 18.1 Å². The lowest BCUT2D eigenvalue weighted by atomic mass is 10.1. The Hall–Kier alpha value is -2.78. The lowest BCUT2D eigenvalue weighted by molar-refractivity contribution is -0.140. The number of carbonyl (C=O) groups excluding carboxylic acids is 2. The number of nitrogens with one attached hydrogen (secondary N) is 1. The zero-order chi connectivity index (χ0) is 25.3. The van der Waals surface area contributed by atoms with Gasteiger partial charge in [0.25, 0.3) is 0 Å². The van der Waals surface area contributed by atoms with Crippen LogP contribution in [0.5, 0.6) is 5.75 Å². The van der Waals surface area contributed by atoms with E-state index in [1.165, 1.54) is 11.0 Å². The molecule has 0 fully saturated rings. The second-order valence-electron chi connectivity index (χ2n) is 7.84. The summed E-state index contributed by atoms with van der Waals surface area (Å²) < 4.78 is 31.4. The lowest BCUT2D eigenvalue weighted by Crippen LogP contribution is -2.52. The molecule has 2 rings (SSSR count). The number of rotatable bonds is 12. The van der Waals surface area contributed by atoms with E-state index in [0.29, 0.717) is 23.7 Å². The van der Waals surface area contributed by atoms with Crippen molar-refractivity contribution >= 4 is 39.1 Å². The number of amides is 2.